The molecule has 0 atom stereocenters. The number of furan rings is 1. The van der Waals surface area contributed by atoms with Crippen molar-refractivity contribution in [3.05, 3.63) is 71.5 Å². The van der Waals surface area contributed by atoms with Crippen molar-refractivity contribution in [1.29, 1.82) is 0 Å². The highest BCUT2D eigenvalue weighted by atomic mass is 32.2. The summed E-state index contributed by atoms with van der Waals surface area (Å²) in [5.41, 5.74) is 1.57. The second-order valence-electron chi connectivity index (χ2n) is 10.2. The maximum absolute atomic E-state index is 14.0. The van der Waals surface area contributed by atoms with Crippen LogP contribution in [0, 0.1) is 5.82 Å². The molecule has 42 heavy (non-hydrogen) atoms. The number of amides is 1. The summed E-state index contributed by atoms with van der Waals surface area (Å²) in [4.78, 5) is 28.7. The lowest BCUT2D eigenvalue weighted by molar-refractivity contribution is -0.137. The molecule has 0 aliphatic heterocycles. The van der Waals surface area contributed by atoms with Crippen LogP contribution in [-0.2, 0) is 14.8 Å². The van der Waals surface area contributed by atoms with Gasteiger partial charge in [-0.1, -0.05) is 12.1 Å². The second-order valence-corrected chi connectivity index (χ2v) is 12.1. The van der Waals surface area contributed by atoms with Crippen molar-refractivity contribution in [3.8, 4) is 22.8 Å². The number of carboxylic acid groups (broad SMARTS) is 1. The molecule has 220 valence electrons. The van der Waals surface area contributed by atoms with Gasteiger partial charge in [0.2, 0.25) is 15.7 Å². The molecule has 0 radical (unpaired) electrons. The van der Waals surface area contributed by atoms with E-state index in [-0.39, 0.29) is 47.5 Å². The standard InChI is InChI=1S/C30H30FN3O7S/c1-32-29(37)26-22-17-21(18-10-11-18)28(34(42(2,38)39)16-6-5-9-25(35)36)33-30(22)41-27(26)19-12-14-20(15-13-19)40-24-8-4-3-7-23(24)31/h3-4,7-8,12-15,17-18H,5-6,9-11,16H2,1-2H3,(H,32,37)(H,35,36). The monoisotopic (exact) mass is 595 g/mol. The smallest absolute Gasteiger partial charge is 0.303 e. The molecule has 1 amide bonds. The number of benzene rings is 2. The molecule has 5 rings (SSSR count). The molecular formula is C30H30FN3O7S. The SMILES string of the molecule is CNC(=O)c1c(-c2ccc(Oc3ccccc3F)cc2)oc2nc(N(CCCCC(=O)O)S(C)(=O)=O)c(C3CC3)cc12. The first-order chi connectivity index (χ1) is 20.1. The van der Waals surface area contributed by atoms with Crippen LogP contribution in [0.4, 0.5) is 10.2 Å². The Morgan fingerprint density at radius 1 is 1.14 bits per heavy atom. The van der Waals surface area contributed by atoms with Crippen LogP contribution in [0.5, 0.6) is 11.5 Å². The Morgan fingerprint density at radius 2 is 1.86 bits per heavy atom. The third-order valence-corrected chi connectivity index (χ3v) is 8.14. The van der Waals surface area contributed by atoms with E-state index in [1.54, 1.807) is 42.5 Å². The predicted molar refractivity (Wildman–Crippen MR) is 155 cm³/mol. The van der Waals surface area contributed by atoms with E-state index in [9.17, 15) is 22.4 Å². The normalized spacial score (nSPS) is 13.2. The van der Waals surface area contributed by atoms with Gasteiger partial charge in [0.05, 0.1) is 17.2 Å². The number of carboxylic acids is 1. The number of hydrogen-bond donors (Lipinski definition) is 2. The van der Waals surface area contributed by atoms with Gasteiger partial charge in [-0.25, -0.2) is 12.8 Å². The zero-order valence-corrected chi connectivity index (χ0v) is 23.9. The van der Waals surface area contributed by atoms with E-state index in [4.69, 9.17) is 14.3 Å². The molecule has 0 saturated heterocycles. The number of aromatic nitrogens is 1. The molecule has 1 aliphatic carbocycles. The first-order valence-electron chi connectivity index (χ1n) is 13.5. The highest BCUT2D eigenvalue weighted by Gasteiger charge is 2.34. The maximum atomic E-state index is 14.0. The number of hydrogen-bond acceptors (Lipinski definition) is 7. The van der Waals surface area contributed by atoms with Gasteiger partial charge in [-0.05, 0) is 79.6 Å². The first kappa shape index (κ1) is 29.1. The molecule has 4 aromatic rings. The minimum Gasteiger partial charge on any atom is -0.481 e. The van der Waals surface area contributed by atoms with Crippen LogP contribution in [0.25, 0.3) is 22.4 Å². The molecular weight excluding hydrogens is 565 g/mol. The van der Waals surface area contributed by atoms with E-state index in [1.165, 1.54) is 23.5 Å². The molecule has 2 heterocycles. The Kier molecular flexibility index (Phi) is 8.17. The summed E-state index contributed by atoms with van der Waals surface area (Å²) in [6.45, 7) is 0.0592. The van der Waals surface area contributed by atoms with E-state index >= 15 is 0 Å². The van der Waals surface area contributed by atoms with E-state index < -0.39 is 27.7 Å². The highest BCUT2D eigenvalue weighted by Crippen LogP contribution is 2.47. The fourth-order valence-electron chi connectivity index (χ4n) is 4.77. The van der Waals surface area contributed by atoms with Crippen LogP contribution in [0.3, 0.4) is 0 Å². The van der Waals surface area contributed by atoms with Gasteiger partial charge in [-0.15, -0.1) is 0 Å². The molecule has 2 N–H and O–H groups in total. The maximum Gasteiger partial charge on any atom is 0.303 e. The van der Waals surface area contributed by atoms with Crippen molar-refractivity contribution in [1.82, 2.24) is 10.3 Å². The van der Waals surface area contributed by atoms with Crippen molar-refractivity contribution in [2.24, 2.45) is 0 Å². The number of carbonyl (C=O) groups excluding carboxylic acids is 1. The molecule has 2 aromatic heterocycles. The third-order valence-electron chi connectivity index (χ3n) is 6.98. The molecule has 1 aliphatic rings. The number of nitrogens with one attached hydrogen (secondary N) is 1. The van der Waals surface area contributed by atoms with Crippen molar-refractivity contribution in [2.45, 2.75) is 38.0 Å². The number of aliphatic carboxylic acids is 1. The number of rotatable bonds is 12. The fourth-order valence-corrected chi connectivity index (χ4v) is 5.69. The summed E-state index contributed by atoms with van der Waals surface area (Å²) >= 11 is 0. The number of pyridine rings is 1. The van der Waals surface area contributed by atoms with Gasteiger partial charge in [-0.2, -0.15) is 4.98 Å². The van der Waals surface area contributed by atoms with Crippen molar-refractivity contribution < 1.29 is 36.7 Å². The van der Waals surface area contributed by atoms with E-state index in [2.05, 4.69) is 10.3 Å². The van der Waals surface area contributed by atoms with Crippen LogP contribution in [0.1, 0.15) is 53.9 Å². The van der Waals surface area contributed by atoms with E-state index in [1.807, 2.05) is 0 Å². The Bertz CT molecular complexity index is 1750. The number of ether oxygens (including phenoxy) is 1. The Morgan fingerprint density at radius 3 is 2.48 bits per heavy atom. The molecule has 12 heteroatoms. The number of carbonyl (C=O) groups is 2. The second kappa shape index (κ2) is 11.8. The number of halogens is 1. The van der Waals surface area contributed by atoms with Crippen LogP contribution >= 0.6 is 0 Å². The highest BCUT2D eigenvalue weighted by molar-refractivity contribution is 7.92. The van der Waals surface area contributed by atoms with Crippen molar-refractivity contribution >= 4 is 38.8 Å². The first-order valence-corrected chi connectivity index (χ1v) is 15.3. The minimum atomic E-state index is -3.76. The average molecular weight is 596 g/mol. The third kappa shape index (κ3) is 6.23. The Hall–Kier alpha value is -4.45. The lowest BCUT2D eigenvalue weighted by Crippen LogP contribution is -2.32. The summed E-state index contributed by atoms with van der Waals surface area (Å²) in [6.07, 6.45) is 3.35. The van der Waals surface area contributed by atoms with Gasteiger partial charge in [0.15, 0.2) is 11.6 Å². The number of anilines is 1. The van der Waals surface area contributed by atoms with Gasteiger partial charge < -0.3 is 19.6 Å². The van der Waals surface area contributed by atoms with Crippen LogP contribution < -0.4 is 14.4 Å². The van der Waals surface area contributed by atoms with Gasteiger partial charge in [-0.3, -0.25) is 13.9 Å². The van der Waals surface area contributed by atoms with E-state index in [0.29, 0.717) is 35.1 Å². The summed E-state index contributed by atoms with van der Waals surface area (Å²) in [6, 6.07) is 14.4. The predicted octanol–water partition coefficient (Wildman–Crippen LogP) is 5.68. The quantitative estimate of drug-likeness (QED) is 0.199. The summed E-state index contributed by atoms with van der Waals surface area (Å²) < 4.78 is 52.7. The van der Waals surface area contributed by atoms with Crippen LogP contribution in [0.15, 0.2) is 59.0 Å². The van der Waals surface area contributed by atoms with Gasteiger partial charge in [0.25, 0.3) is 5.91 Å². The fraction of sp³-hybridized carbons (Fsp3) is 0.300. The topological polar surface area (TPSA) is 139 Å². The summed E-state index contributed by atoms with van der Waals surface area (Å²) in [5, 5.41) is 12.1. The van der Waals surface area contributed by atoms with Gasteiger partial charge in [0.1, 0.15) is 17.3 Å². The van der Waals surface area contributed by atoms with Crippen molar-refractivity contribution in [2.75, 3.05) is 24.2 Å². The average Bonchev–Trinajstić information content (AvgIpc) is 3.73. The van der Waals surface area contributed by atoms with Crippen molar-refractivity contribution in [3.63, 3.8) is 0 Å². The Balaban J connectivity index is 1.56. The molecule has 10 nitrogen and oxygen atoms in total. The minimum absolute atomic E-state index is 0.0592. The van der Waals surface area contributed by atoms with E-state index in [0.717, 1.165) is 19.1 Å². The lowest BCUT2D eigenvalue weighted by Gasteiger charge is -2.23. The zero-order chi connectivity index (χ0) is 30.0. The Labute approximate surface area is 242 Å². The molecule has 1 fully saturated rings. The number of nitrogens with zero attached hydrogens (tertiary/aromatic N) is 2. The number of unbranched alkanes of at least 4 members (excludes halogenated alkanes) is 1. The largest absolute Gasteiger partial charge is 0.481 e. The molecule has 0 spiro atoms. The summed E-state index contributed by atoms with van der Waals surface area (Å²) in [7, 11) is -2.26. The summed E-state index contributed by atoms with van der Waals surface area (Å²) in [5.74, 6) is -0.866. The number of para-hydroxylation sites is 1. The molecule has 0 unspecified atom stereocenters. The van der Waals surface area contributed by atoms with Crippen LogP contribution in [0.2, 0.25) is 0 Å². The van der Waals surface area contributed by atoms with Gasteiger partial charge in [0, 0.05) is 25.6 Å². The van der Waals surface area contributed by atoms with Crippen LogP contribution in [-0.4, -0.2) is 50.2 Å². The molecule has 0 bridgehead atoms. The zero-order valence-electron chi connectivity index (χ0n) is 23.1. The lowest BCUT2D eigenvalue weighted by atomic mass is 10.0. The van der Waals surface area contributed by atoms with Gasteiger partial charge >= 0.3 is 5.97 Å². The molecule has 2 aromatic carbocycles. The number of fused-ring (bicyclic) bond motifs is 1. The molecule has 1 saturated carbocycles. The number of sulfonamides is 1.